The van der Waals surface area contributed by atoms with Gasteiger partial charge in [0.25, 0.3) is 0 Å². The molecule has 0 aromatic rings. The van der Waals surface area contributed by atoms with Gasteiger partial charge in [-0.15, -0.1) is 0 Å². The molecule has 0 aliphatic heterocycles. The summed E-state index contributed by atoms with van der Waals surface area (Å²) in [7, 11) is 0. The van der Waals surface area contributed by atoms with E-state index >= 15 is 0 Å². The second kappa shape index (κ2) is 8.55. The van der Waals surface area contributed by atoms with Crippen LogP contribution >= 0.6 is 0 Å². The molecule has 0 heterocycles. The summed E-state index contributed by atoms with van der Waals surface area (Å²) in [5.41, 5.74) is 2.09. The lowest BCUT2D eigenvalue weighted by Gasteiger charge is -2.41. The molecular formula is C28H54O2. The predicted molar refractivity (Wildman–Crippen MR) is 133 cm³/mol. The van der Waals surface area contributed by atoms with Gasteiger partial charge in [-0.2, -0.15) is 0 Å². The van der Waals surface area contributed by atoms with Gasteiger partial charge in [-0.25, -0.2) is 0 Å². The van der Waals surface area contributed by atoms with E-state index in [-0.39, 0.29) is 32.5 Å². The summed E-state index contributed by atoms with van der Waals surface area (Å²) in [6, 6.07) is 0. The topological polar surface area (TPSA) is 18.5 Å². The van der Waals surface area contributed by atoms with Crippen molar-refractivity contribution >= 4 is 0 Å². The van der Waals surface area contributed by atoms with Crippen molar-refractivity contribution in [2.75, 3.05) is 0 Å². The Morgan fingerprint density at radius 1 is 0.300 bits per heavy atom. The summed E-state index contributed by atoms with van der Waals surface area (Å²) in [6.45, 7) is 40.4. The van der Waals surface area contributed by atoms with Crippen LogP contribution in [0.1, 0.15) is 125 Å². The normalized spacial score (nSPS) is 14.3. The van der Waals surface area contributed by atoms with Gasteiger partial charge in [0, 0.05) is 10.8 Å². The van der Waals surface area contributed by atoms with Gasteiger partial charge in [0.2, 0.25) is 0 Å². The Balaban J connectivity index is 6.94. The summed E-state index contributed by atoms with van der Waals surface area (Å²) in [4.78, 5) is 12.8. The van der Waals surface area contributed by atoms with Gasteiger partial charge in [0.1, 0.15) is 0 Å². The number of allylic oxidation sites excluding steroid dienone is 4. The van der Waals surface area contributed by atoms with Crippen molar-refractivity contribution < 1.29 is 9.78 Å². The maximum absolute atomic E-state index is 6.40. The molecule has 0 fully saturated rings. The first-order valence-corrected chi connectivity index (χ1v) is 11.6. The van der Waals surface area contributed by atoms with Crippen LogP contribution in [0.3, 0.4) is 0 Å². The van der Waals surface area contributed by atoms with E-state index in [1.165, 1.54) is 11.1 Å². The Labute approximate surface area is 189 Å². The molecule has 178 valence electrons. The van der Waals surface area contributed by atoms with Gasteiger partial charge in [-0.3, -0.25) is 9.78 Å². The third-order valence-electron chi connectivity index (χ3n) is 5.02. The third kappa shape index (κ3) is 7.97. The predicted octanol–water partition coefficient (Wildman–Crippen LogP) is 9.72. The Kier molecular flexibility index (Phi) is 8.29. The van der Waals surface area contributed by atoms with Gasteiger partial charge in [-0.1, -0.05) is 125 Å². The zero-order valence-electron chi connectivity index (χ0n) is 23.8. The highest BCUT2D eigenvalue weighted by Gasteiger charge is 2.40. The summed E-state index contributed by atoms with van der Waals surface area (Å²) >= 11 is 0. The standard InChI is InChI=1S/C28H54O2/c1-23(2,3)19(24(4,5)6)21(27(13,14)15)29-30-22(28(16,17)18)20(25(7,8)9)26(10,11)12/h1-18H3. The lowest BCUT2D eigenvalue weighted by atomic mass is 9.68. The van der Waals surface area contributed by atoms with Crippen molar-refractivity contribution in [1.82, 2.24) is 0 Å². The van der Waals surface area contributed by atoms with Gasteiger partial charge in [0.05, 0.1) is 0 Å². The minimum absolute atomic E-state index is 0.0350. The molecule has 0 aromatic carbocycles. The van der Waals surface area contributed by atoms with Crippen molar-refractivity contribution in [2.45, 2.75) is 125 Å². The zero-order chi connectivity index (χ0) is 24.7. The molecule has 30 heavy (non-hydrogen) atoms. The molecule has 0 N–H and O–H groups in total. The lowest BCUT2D eigenvalue weighted by Crippen LogP contribution is -2.32. The molecule has 0 radical (unpaired) electrons. The number of hydrogen-bond donors (Lipinski definition) is 0. The maximum atomic E-state index is 6.40. The van der Waals surface area contributed by atoms with Crippen molar-refractivity contribution in [3.05, 3.63) is 22.7 Å². The highest BCUT2D eigenvalue weighted by atomic mass is 17.2. The molecule has 2 heteroatoms. The molecule has 0 amide bonds. The first kappa shape index (κ1) is 29.1. The molecule has 0 rings (SSSR count). The zero-order valence-corrected chi connectivity index (χ0v) is 23.8. The van der Waals surface area contributed by atoms with Crippen molar-refractivity contribution in [3.63, 3.8) is 0 Å². The van der Waals surface area contributed by atoms with Crippen LogP contribution in [0.4, 0.5) is 0 Å². The van der Waals surface area contributed by atoms with Gasteiger partial charge in [0.15, 0.2) is 11.5 Å². The van der Waals surface area contributed by atoms with Crippen molar-refractivity contribution in [1.29, 1.82) is 0 Å². The van der Waals surface area contributed by atoms with E-state index < -0.39 is 0 Å². The number of hydrogen-bond acceptors (Lipinski definition) is 2. The lowest BCUT2D eigenvalue weighted by molar-refractivity contribution is -0.254. The van der Waals surface area contributed by atoms with Gasteiger partial charge < -0.3 is 0 Å². The second-order valence-corrected chi connectivity index (χ2v) is 15.1. The molecular weight excluding hydrogens is 368 g/mol. The van der Waals surface area contributed by atoms with Crippen LogP contribution in [0.5, 0.6) is 0 Å². The van der Waals surface area contributed by atoms with E-state index in [9.17, 15) is 0 Å². The SMILES string of the molecule is CC(C)(C)C(OOC(=C(C(C)(C)C)C(C)(C)C)C(C)(C)C)=C(C(C)(C)C)C(C)(C)C. The summed E-state index contributed by atoms with van der Waals surface area (Å²) in [5, 5.41) is 0. The van der Waals surface area contributed by atoms with Gasteiger partial charge in [-0.05, 0) is 32.8 Å². The van der Waals surface area contributed by atoms with E-state index in [1.54, 1.807) is 0 Å². The summed E-state index contributed by atoms with van der Waals surface area (Å²) in [5.74, 6) is 1.87. The Hall–Kier alpha value is -0.920. The Bertz CT molecular complexity index is 554. The van der Waals surface area contributed by atoms with Crippen LogP contribution in [0.25, 0.3) is 0 Å². The average molecular weight is 423 g/mol. The van der Waals surface area contributed by atoms with E-state index in [0.717, 1.165) is 11.5 Å². The van der Waals surface area contributed by atoms with Crippen LogP contribution in [0.15, 0.2) is 22.7 Å². The van der Waals surface area contributed by atoms with E-state index in [2.05, 4.69) is 125 Å². The summed E-state index contributed by atoms with van der Waals surface area (Å²) < 4.78 is 0. The highest BCUT2D eigenvalue weighted by molar-refractivity contribution is 5.27. The van der Waals surface area contributed by atoms with E-state index in [0.29, 0.717) is 0 Å². The fourth-order valence-electron chi connectivity index (χ4n) is 4.78. The largest absolute Gasteiger partial charge is 0.294 e. The minimum Gasteiger partial charge on any atom is -0.294 e. The maximum Gasteiger partial charge on any atom is 0.161 e. The molecule has 0 aliphatic rings. The third-order valence-corrected chi connectivity index (χ3v) is 5.02. The number of rotatable bonds is 3. The molecule has 0 unspecified atom stereocenters. The smallest absolute Gasteiger partial charge is 0.161 e. The fourth-order valence-corrected chi connectivity index (χ4v) is 4.78. The molecule has 0 saturated heterocycles. The molecule has 0 spiro atoms. The van der Waals surface area contributed by atoms with Crippen LogP contribution in [0.2, 0.25) is 0 Å². The monoisotopic (exact) mass is 422 g/mol. The molecule has 2 nitrogen and oxygen atoms in total. The molecule has 0 saturated carbocycles. The quantitative estimate of drug-likeness (QED) is 0.256. The molecule has 0 aromatic heterocycles. The van der Waals surface area contributed by atoms with Gasteiger partial charge >= 0.3 is 0 Å². The Morgan fingerprint density at radius 3 is 0.567 bits per heavy atom. The van der Waals surface area contributed by atoms with Crippen LogP contribution in [0, 0.1) is 32.5 Å². The fraction of sp³-hybridized carbons (Fsp3) is 0.857. The van der Waals surface area contributed by atoms with Crippen molar-refractivity contribution in [3.8, 4) is 0 Å². The van der Waals surface area contributed by atoms with Crippen molar-refractivity contribution in [2.24, 2.45) is 32.5 Å². The Morgan fingerprint density at radius 2 is 0.467 bits per heavy atom. The van der Waals surface area contributed by atoms with Crippen LogP contribution < -0.4 is 0 Å². The minimum atomic E-state index is -0.178. The highest BCUT2D eigenvalue weighted by Crippen LogP contribution is 2.49. The average Bonchev–Trinajstić information content (AvgIpc) is 2.32. The first-order chi connectivity index (χ1) is 12.7. The molecule has 0 atom stereocenters. The van der Waals surface area contributed by atoms with E-state index in [1.807, 2.05) is 0 Å². The molecule has 0 aliphatic carbocycles. The van der Waals surface area contributed by atoms with E-state index in [4.69, 9.17) is 9.78 Å². The van der Waals surface area contributed by atoms with Crippen LogP contribution in [-0.2, 0) is 9.78 Å². The van der Waals surface area contributed by atoms with Crippen LogP contribution in [-0.4, -0.2) is 0 Å². The summed E-state index contributed by atoms with van der Waals surface area (Å²) in [6.07, 6.45) is 0. The second-order valence-electron chi connectivity index (χ2n) is 15.1. The molecule has 0 bridgehead atoms. The first-order valence-electron chi connectivity index (χ1n) is 11.6.